The molecular weight excluding hydrogens is 222 g/mol. The largest absolute Gasteiger partial charge is 0.493 e. The van der Waals surface area contributed by atoms with E-state index in [2.05, 4.69) is 0 Å². The van der Waals surface area contributed by atoms with Crippen LogP contribution in [0.2, 0.25) is 0 Å². The molecule has 0 unspecified atom stereocenters. The minimum atomic E-state index is 0.485. The quantitative estimate of drug-likeness (QED) is 0.710. The van der Waals surface area contributed by atoms with Crippen LogP contribution in [0.5, 0.6) is 17.2 Å². The summed E-state index contributed by atoms with van der Waals surface area (Å²) in [7, 11) is 8.34. The molecule has 1 aromatic carbocycles. The Morgan fingerprint density at radius 3 is 1.82 bits per heavy atom. The molecule has 0 aliphatic carbocycles. The molecule has 0 bridgehead atoms. The van der Waals surface area contributed by atoms with E-state index in [1.807, 2.05) is 24.1 Å². The highest BCUT2D eigenvalue weighted by Crippen LogP contribution is 2.40. The van der Waals surface area contributed by atoms with Gasteiger partial charge in [0, 0.05) is 32.0 Å². The summed E-state index contributed by atoms with van der Waals surface area (Å²) in [5, 5.41) is 0. The standard InChI is InChI=1S/C12H19NO4/c1-13(8-14-2)9-6-10(15-3)12(17-5)11(7-9)16-4/h6-7H,8H2,1-5H3. The second-order valence-electron chi connectivity index (χ2n) is 3.50. The highest BCUT2D eigenvalue weighted by molar-refractivity contribution is 5.63. The lowest BCUT2D eigenvalue weighted by atomic mass is 10.2. The van der Waals surface area contributed by atoms with Crippen molar-refractivity contribution >= 4 is 5.69 Å². The van der Waals surface area contributed by atoms with E-state index in [0.29, 0.717) is 24.0 Å². The first kappa shape index (κ1) is 13.4. The van der Waals surface area contributed by atoms with Crippen molar-refractivity contribution in [1.29, 1.82) is 0 Å². The van der Waals surface area contributed by atoms with E-state index in [1.54, 1.807) is 28.4 Å². The van der Waals surface area contributed by atoms with E-state index in [1.165, 1.54) is 0 Å². The first-order valence-corrected chi connectivity index (χ1v) is 5.18. The summed E-state index contributed by atoms with van der Waals surface area (Å²) < 4.78 is 20.9. The highest BCUT2D eigenvalue weighted by Gasteiger charge is 2.14. The van der Waals surface area contributed by atoms with Gasteiger partial charge >= 0.3 is 0 Å². The van der Waals surface area contributed by atoms with E-state index in [9.17, 15) is 0 Å². The van der Waals surface area contributed by atoms with E-state index >= 15 is 0 Å². The van der Waals surface area contributed by atoms with Gasteiger partial charge in [-0.3, -0.25) is 0 Å². The van der Waals surface area contributed by atoms with E-state index in [0.717, 1.165) is 5.69 Å². The lowest BCUT2D eigenvalue weighted by Gasteiger charge is -2.21. The fourth-order valence-electron chi connectivity index (χ4n) is 1.56. The molecule has 1 aromatic rings. The Morgan fingerprint density at radius 1 is 0.941 bits per heavy atom. The monoisotopic (exact) mass is 241 g/mol. The molecule has 0 spiro atoms. The average molecular weight is 241 g/mol. The van der Waals surface area contributed by atoms with Gasteiger partial charge < -0.3 is 23.8 Å². The third-order valence-electron chi connectivity index (χ3n) is 2.41. The van der Waals surface area contributed by atoms with Gasteiger partial charge in [-0.25, -0.2) is 0 Å². The zero-order valence-electron chi connectivity index (χ0n) is 10.9. The maximum Gasteiger partial charge on any atom is 0.203 e. The predicted molar refractivity (Wildman–Crippen MR) is 66.4 cm³/mol. The molecule has 0 N–H and O–H groups in total. The summed E-state index contributed by atoms with van der Waals surface area (Å²) in [6.45, 7) is 0.485. The van der Waals surface area contributed by atoms with Crippen LogP contribution in [-0.2, 0) is 4.74 Å². The molecular formula is C12H19NO4. The van der Waals surface area contributed by atoms with Gasteiger partial charge in [0.25, 0.3) is 0 Å². The summed E-state index contributed by atoms with van der Waals surface area (Å²) in [4.78, 5) is 1.94. The molecule has 0 aliphatic rings. The van der Waals surface area contributed by atoms with Gasteiger partial charge in [-0.15, -0.1) is 0 Å². The molecule has 0 amide bonds. The van der Waals surface area contributed by atoms with E-state index in [-0.39, 0.29) is 0 Å². The SMILES string of the molecule is COCN(C)c1cc(OC)c(OC)c(OC)c1. The van der Waals surface area contributed by atoms with Crippen molar-refractivity contribution in [1.82, 2.24) is 0 Å². The maximum absolute atomic E-state index is 5.28. The average Bonchev–Trinajstić information content (AvgIpc) is 2.37. The van der Waals surface area contributed by atoms with Gasteiger partial charge in [0.15, 0.2) is 11.5 Å². The first-order chi connectivity index (χ1) is 8.17. The molecule has 0 saturated heterocycles. The molecule has 0 aliphatic heterocycles. The van der Waals surface area contributed by atoms with Gasteiger partial charge in [-0.1, -0.05) is 0 Å². The number of ether oxygens (including phenoxy) is 4. The van der Waals surface area contributed by atoms with Crippen LogP contribution in [0.1, 0.15) is 0 Å². The number of benzene rings is 1. The number of hydrogen-bond acceptors (Lipinski definition) is 5. The first-order valence-electron chi connectivity index (χ1n) is 5.18. The van der Waals surface area contributed by atoms with Gasteiger partial charge in [-0.2, -0.15) is 0 Å². The van der Waals surface area contributed by atoms with E-state index in [4.69, 9.17) is 18.9 Å². The normalized spacial score (nSPS) is 9.94. The van der Waals surface area contributed by atoms with Crippen LogP contribution in [0.3, 0.4) is 0 Å². The Hall–Kier alpha value is -1.62. The number of anilines is 1. The van der Waals surface area contributed by atoms with Gasteiger partial charge in [0.2, 0.25) is 5.75 Å². The number of hydrogen-bond donors (Lipinski definition) is 0. The highest BCUT2D eigenvalue weighted by atomic mass is 16.5. The minimum absolute atomic E-state index is 0.485. The second-order valence-corrected chi connectivity index (χ2v) is 3.50. The Bertz CT molecular complexity index is 343. The molecule has 1 rings (SSSR count). The topological polar surface area (TPSA) is 40.2 Å². The van der Waals surface area contributed by atoms with Crippen LogP contribution in [0.15, 0.2) is 12.1 Å². The smallest absolute Gasteiger partial charge is 0.203 e. The maximum atomic E-state index is 5.28. The van der Waals surface area contributed by atoms with Gasteiger partial charge in [-0.05, 0) is 0 Å². The van der Waals surface area contributed by atoms with Gasteiger partial charge in [0.05, 0.1) is 21.3 Å². The number of rotatable bonds is 6. The van der Waals surface area contributed by atoms with Crippen molar-refractivity contribution in [3.05, 3.63) is 12.1 Å². The fourth-order valence-corrected chi connectivity index (χ4v) is 1.56. The summed E-state index contributed by atoms with van der Waals surface area (Å²) >= 11 is 0. The van der Waals surface area contributed by atoms with E-state index < -0.39 is 0 Å². The Kier molecular flexibility index (Phi) is 4.90. The number of nitrogens with zero attached hydrogens (tertiary/aromatic N) is 1. The van der Waals surface area contributed by atoms with Crippen molar-refractivity contribution in [2.75, 3.05) is 47.1 Å². The van der Waals surface area contributed by atoms with Crippen LogP contribution in [0.4, 0.5) is 5.69 Å². The third-order valence-corrected chi connectivity index (χ3v) is 2.41. The number of methoxy groups -OCH3 is 4. The molecule has 0 saturated carbocycles. The second kappa shape index (κ2) is 6.20. The van der Waals surface area contributed by atoms with Crippen LogP contribution in [0, 0.1) is 0 Å². The Labute approximate surface area is 102 Å². The van der Waals surface area contributed by atoms with Crippen LogP contribution < -0.4 is 19.1 Å². The van der Waals surface area contributed by atoms with Crippen molar-refractivity contribution in [3.8, 4) is 17.2 Å². The zero-order valence-corrected chi connectivity index (χ0v) is 10.9. The summed E-state index contributed by atoms with van der Waals surface area (Å²) in [6, 6.07) is 3.75. The lowest BCUT2D eigenvalue weighted by Crippen LogP contribution is -2.19. The van der Waals surface area contributed by atoms with Crippen LogP contribution >= 0.6 is 0 Å². The molecule has 5 heteroatoms. The molecule has 0 aromatic heterocycles. The molecule has 0 heterocycles. The predicted octanol–water partition coefficient (Wildman–Crippen LogP) is 1.75. The molecule has 17 heavy (non-hydrogen) atoms. The Morgan fingerprint density at radius 2 is 1.47 bits per heavy atom. The molecule has 96 valence electrons. The van der Waals surface area contributed by atoms with Crippen LogP contribution in [-0.4, -0.2) is 42.2 Å². The fraction of sp³-hybridized carbons (Fsp3) is 0.500. The summed E-state index contributed by atoms with van der Waals surface area (Å²) in [5.74, 6) is 1.85. The molecule has 0 atom stereocenters. The van der Waals surface area contributed by atoms with Crippen molar-refractivity contribution in [2.24, 2.45) is 0 Å². The molecule has 0 fully saturated rings. The molecule has 5 nitrogen and oxygen atoms in total. The van der Waals surface area contributed by atoms with Gasteiger partial charge in [0.1, 0.15) is 6.73 Å². The molecule has 0 radical (unpaired) electrons. The summed E-state index contributed by atoms with van der Waals surface area (Å²) in [6.07, 6.45) is 0. The van der Waals surface area contributed by atoms with Crippen molar-refractivity contribution in [3.63, 3.8) is 0 Å². The third kappa shape index (κ3) is 2.94. The summed E-state index contributed by atoms with van der Waals surface area (Å²) in [5.41, 5.74) is 0.932. The zero-order chi connectivity index (χ0) is 12.8. The van der Waals surface area contributed by atoms with Crippen molar-refractivity contribution < 1.29 is 18.9 Å². The van der Waals surface area contributed by atoms with Crippen molar-refractivity contribution in [2.45, 2.75) is 0 Å². The van der Waals surface area contributed by atoms with Crippen LogP contribution in [0.25, 0.3) is 0 Å². The lowest BCUT2D eigenvalue weighted by molar-refractivity contribution is 0.202. The minimum Gasteiger partial charge on any atom is -0.493 e. The Balaban J connectivity index is 3.17.